The molecule has 3 nitrogen and oxygen atoms in total. The van der Waals surface area contributed by atoms with Gasteiger partial charge in [0.15, 0.2) is 0 Å². The lowest BCUT2D eigenvalue weighted by Gasteiger charge is -2.29. The molecule has 1 aromatic rings. The van der Waals surface area contributed by atoms with Crippen LogP contribution in [0.1, 0.15) is 37.8 Å². The van der Waals surface area contributed by atoms with Crippen LogP contribution in [0.2, 0.25) is 0 Å². The summed E-state index contributed by atoms with van der Waals surface area (Å²) in [7, 11) is 0. The van der Waals surface area contributed by atoms with Crippen LogP contribution in [0.5, 0.6) is 0 Å². The maximum Gasteiger partial charge on any atom is 0.0420 e. The Morgan fingerprint density at radius 1 is 1.35 bits per heavy atom. The molecule has 1 atom stereocenters. The summed E-state index contributed by atoms with van der Waals surface area (Å²) in [4.78, 5) is 4.42. The van der Waals surface area contributed by atoms with Crippen molar-refractivity contribution in [2.45, 2.75) is 44.6 Å². The summed E-state index contributed by atoms with van der Waals surface area (Å²) in [5.41, 5.74) is 4.10. The first kappa shape index (κ1) is 13.0. The van der Waals surface area contributed by atoms with Gasteiger partial charge in [-0.3, -0.25) is 16.3 Å². The molecular formula is C13H20BrN3. The molecule has 1 aliphatic rings. The summed E-state index contributed by atoms with van der Waals surface area (Å²) in [6.07, 6.45) is 9.44. The first-order chi connectivity index (χ1) is 8.29. The summed E-state index contributed by atoms with van der Waals surface area (Å²) < 4.78 is 1.02. The second-order valence-corrected chi connectivity index (χ2v) is 5.76. The summed E-state index contributed by atoms with van der Waals surface area (Å²) in [5.74, 6) is 6.40. The summed E-state index contributed by atoms with van der Waals surface area (Å²) in [6, 6.07) is 4.47. The van der Waals surface area contributed by atoms with Crippen molar-refractivity contribution >= 4 is 15.9 Å². The highest BCUT2D eigenvalue weighted by atomic mass is 79.9. The number of halogens is 1. The van der Waals surface area contributed by atoms with E-state index in [9.17, 15) is 0 Å². The normalized spacial score (nSPS) is 19.2. The first-order valence-corrected chi connectivity index (χ1v) is 7.15. The van der Waals surface area contributed by atoms with Crippen molar-refractivity contribution in [3.05, 3.63) is 28.5 Å². The van der Waals surface area contributed by atoms with Gasteiger partial charge >= 0.3 is 0 Å². The van der Waals surface area contributed by atoms with Crippen LogP contribution in [-0.4, -0.2) is 11.0 Å². The zero-order valence-corrected chi connectivity index (χ0v) is 11.6. The fraction of sp³-hybridized carbons (Fsp3) is 0.615. The number of nitrogens with two attached hydrogens (primary N) is 1. The Morgan fingerprint density at radius 3 is 2.71 bits per heavy atom. The summed E-state index contributed by atoms with van der Waals surface area (Å²) in [5, 5.41) is 0. The number of nitrogens with zero attached hydrogens (tertiary/aromatic N) is 1. The van der Waals surface area contributed by atoms with E-state index in [-0.39, 0.29) is 0 Å². The van der Waals surface area contributed by atoms with Crippen molar-refractivity contribution in [2.75, 3.05) is 0 Å². The van der Waals surface area contributed by atoms with E-state index in [1.807, 2.05) is 12.3 Å². The molecule has 0 amide bonds. The minimum Gasteiger partial charge on any atom is -0.271 e. The van der Waals surface area contributed by atoms with Crippen molar-refractivity contribution in [3.63, 3.8) is 0 Å². The van der Waals surface area contributed by atoms with E-state index in [1.54, 1.807) is 0 Å². The number of hydrogen-bond donors (Lipinski definition) is 2. The van der Waals surface area contributed by atoms with Gasteiger partial charge < -0.3 is 0 Å². The molecule has 0 saturated heterocycles. The molecule has 0 spiro atoms. The predicted molar refractivity (Wildman–Crippen MR) is 73.3 cm³/mol. The van der Waals surface area contributed by atoms with Crippen molar-refractivity contribution in [1.82, 2.24) is 10.4 Å². The van der Waals surface area contributed by atoms with E-state index >= 15 is 0 Å². The van der Waals surface area contributed by atoms with Gasteiger partial charge in [-0.1, -0.05) is 19.3 Å². The average Bonchev–Trinajstić information content (AvgIpc) is 2.39. The van der Waals surface area contributed by atoms with E-state index in [1.165, 1.54) is 32.1 Å². The lowest BCUT2D eigenvalue weighted by molar-refractivity contribution is 0.267. The Balaban J connectivity index is 1.96. The van der Waals surface area contributed by atoms with Gasteiger partial charge in [-0.2, -0.15) is 0 Å². The van der Waals surface area contributed by atoms with Crippen LogP contribution in [0, 0.1) is 5.92 Å². The van der Waals surface area contributed by atoms with E-state index in [0.717, 1.165) is 16.6 Å². The topological polar surface area (TPSA) is 50.9 Å². The standard InChI is InChI=1S/C13H20BrN3/c14-11-6-7-12(16-9-11)8-13(17-15)10-4-2-1-3-5-10/h6-7,9-10,13,17H,1-5,8,15H2. The minimum atomic E-state index is 0.365. The highest BCUT2D eigenvalue weighted by Gasteiger charge is 2.23. The van der Waals surface area contributed by atoms with E-state index in [0.29, 0.717) is 12.0 Å². The third-order valence-corrected chi connectivity index (χ3v) is 4.12. The van der Waals surface area contributed by atoms with Crippen LogP contribution in [-0.2, 0) is 6.42 Å². The lowest BCUT2D eigenvalue weighted by atomic mass is 9.82. The Hall–Kier alpha value is -0.450. The predicted octanol–water partition coefficient (Wildman–Crippen LogP) is 2.80. The van der Waals surface area contributed by atoms with Gasteiger partial charge in [0, 0.05) is 28.8 Å². The van der Waals surface area contributed by atoms with E-state index < -0.39 is 0 Å². The van der Waals surface area contributed by atoms with Gasteiger partial charge in [0.1, 0.15) is 0 Å². The second kappa shape index (κ2) is 6.47. The van der Waals surface area contributed by atoms with E-state index in [2.05, 4.69) is 32.4 Å². The molecule has 1 aliphatic carbocycles. The Morgan fingerprint density at radius 2 is 2.12 bits per heavy atom. The third kappa shape index (κ3) is 3.76. The van der Waals surface area contributed by atoms with Crippen molar-refractivity contribution < 1.29 is 0 Å². The molecule has 0 bridgehead atoms. The van der Waals surface area contributed by atoms with Crippen LogP contribution in [0.4, 0.5) is 0 Å². The number of rotatable bonds is 4. The molecule has 1 aromatic heterocycles. The van der Waals surface area contributed by atoms with Crippen molar-refractivity contribution in [2.24, 2.45) is 11.8 Å². The van der Waals surface area contributed by atoms with Crippen LogP contribution in [0.15, 0.2) is 22.8 Å². The SMILES string of the molecule is NNC(Cc1ccc(Br)cn1)C1CCCCC1. The maximum absolute atomic E-state index is 5.69. The zero-order chi connectivity index (χ0) is 12.1. The van der Waals surface area contributed by atoms with E-state index in [4.69, 9.17) is 5.84 Å². The van der Waals surface area contributed by atoms with Gasteiger partial charge in [0.2, 0.25) is 0 Å². The molecule has 3 N–H and O–H groups in total. The highest BCUT2D eigenvalue weighted by Crippen LogP contribution is 2.27. The van der Waals surface area contributed by atoms with Crippen LogP contribution < -0.4 is 11.3 Å². The number of hydrazine groups is 1. The molecule has 0 aromatic carbocycles. The number of pyridine rings is 1. The Kier molecular flexibility index (Phi) is 4.95. The fourth-order valence-electron chi connectivity index (χ4n) is 2.65. The fourth-order valence-corrected chi connectivity index (χ4v) is 2.89. The monoisotopic (exact) mass is 297 g/mol. The molecule has 1 unspecified atom stereocenters. The molecule has 1 saturated carbocycles. The number of hydrogen-bond acceptors (Lipinski definition) is 3. The lowest BCUT2D eigenvalue weighted by Crippen LogP contribution is -2.43. The zero-order valence-electron chi connectivity index (χ0n) is 10.0. The van der Waals surface area contributed by atoms with Crippen molar-refractivity contribution in [3.8, 4) is 0 Å². The molecule has 4 heteroatoms. The quantitative estimate of drug-likeness (QED) is 0.664. The van der Waals surface area contributed by atoms with Gasteiger partial charge in [0.05, 0.1) is 0 Å². The summed E-state index contributed by atoms with van der Waals surface area (Å²) >= 11 is 3.40. The number of nitrogens with one attached hydrogen (secondary N) is 1. The second-order valence-electron chi connectivity index (χ2n) is 4.84. The third-order valence-electron chi connectivity index (χ3n) is 3.65. The Bertz CT molecular complexity index is 333. The van der Waals surface area contributed by atoms with Gasteiger partial charge in [-0.05, 0) is 46.8 Å². The Labute approximate surface area is 111 Å². The molecular weight excluding hydrogens is 278 g/mol. The molecule has 1 heterocycles. The smallest absolute Gasteiger partial charge is 0.0420 e. The minimum absolute atomic E-state index is 0.365. The van der Waals surface area contributed by atoms with Gasteiger partial charge in [-0.25, -0.2) is 0 Å². The maximum atomic E-state index is 5.69. The average molecular weight is 298 g/mol. The molecule has 2 rings (SSSR count). The van der Waals surface area contributed by atoms with Crippen LogP contribution >= 0.6 is 15.9 Å². The van der Waals surface area contributed by atoms with Gasteiger partial charge in [-0.15, -0.1) is 0 Å². The van der Waals surface area contributed by atoms with Crippen LogP contribution in [0.25, 0.3) is 0 Å². The largest absolute Gasteiger partial charge is 0.271 e. The van der Waals surface area contributed by atoms with Gasteiger partial charge in [0.25, 0.3) is 0 Å². The van der Waals surface area contributed by atoms with Crippen molar-refractivity contribution in [1.29, 1.82) is 0 Å². The molecule has 0 aliphatic heterocycles. The number of aromatic nitrogens is 1. The first-order valence-electron chi connectivity index (χ1n) is 6.36. The molecule has 17 heavy (non-hydrogen) atoms. The highest BCUT2D eigenvalue weighted by molar-refractivity contribution is 9.10. The van der Waals surface area contributed by atoms with Crippen LogP contribution in [0.3, 0.4) is 0 Å². The molecule has 94 valence electrons. The molecule has 1 fully saturated rings. The molecule has 0 radical (unpaired) electrons. The summed E-state index contributed by atoms with van der Waals surface area (Å²) in [6.45, 7) is 0.